The van der Waals surface area contributed by atoms with Gasteiger partial charge in [-0.15, -0.1) is 0 Å². The summed E-state index contributed by atoms with van der Waals surface area (Å²) in [6.07, 6.45) is 0.617. The third-order valence-electron chi connectivity index (χ3n) is 6.11. The van der Waals surface area contributed by atoms with Crippen molar-refractivity contribution >= 4 is 5.91 Å². The predicted molar refractivity (Wildman–Crippen MR) is 105 cm³/mol. The number of halogens is 3. The maximum atomic E-state index is 13.0. The van der Waals surface area contributed by atoms with E-state index in [2.05, 4.69) is 4.90 Å². The van der Waals surface area contributed by atoms with Crippen molar-refractivity contribution < 1.29 is 22.7 Å². The van der Waals surface area contributed by atoms with Crippen molar-refractivity contribution in [1.82, 2.24) is 9.80 Å². The number of nitrogens with zero attached hydrogens (tertiary/aromatic N) is 2. The Morgan fingerprint density at radius 2 is 1.69 bits per heavy atom. The lowest BCUT2D eigenvalue weighted by Gasteiger charge is -2.42. The van der Waals surface area contributed by atoms with E-state index >= 15 is 0 Å². The monoisotopic (exact) mass is 412 g/mol. The van der Waals surface area contributed by atoms with Crippen LogP contribution in [-0.4, -0.2) is 55.0 Å². The van der Waals surface area contributed by atoms with E-state index in [1.807, 2.05) is 11.8 Å². The van der Waals surface area contributed by atoms with Crippen molar-refractivity contribution in [3.8, 4) is 0 Å². The minimum absolute atomic E-state index is 0.144. The molecule has 0 aliphatic carbocycles. The third-order valence-corrected chi connectivity index (χ3v) is 6.11. The van der Waals surface area contributed by atoms with Crippen molar-refractivity contribution in [3.63, 3.8) is 0 Å². The van der Waals surface area contributed by atoms with Crippen LogP contribution in [0.2, 0.25) is 0 Å². The lowest BCUT2D eigenvalue weighted by Crippen LogP contribution is -2.47. The lowest BCUT2D eigenvalue weighted by molar-refractivity contribution is -0.141. The Balaban J connectivity index is 1.72. The zero-order chi connectivity index (χ0) is 20.9. The van der Waals surface area contributed by atoms with E-state index in [-0.39, 0.29) is 5.91 Å². The second-order valence-electron chi connectivity index (χ2n) is 8.10. The number of carbonyl (C=O) groups excluding carboxylic acids is 1. The lowest BCUT2D eigenvalue weighted by atomic mass is 9.83. The molecule has 0 spiro atoms. The fourth-order valence-electron chi connectivity index (χ4n) is 4.34. The van der Waals surface area contributed by atoms with Crippen molar-refractivity contribution in [3.05, 3.63) is 35.4 Å². The zero-order valence-electron chi connectivity index (χ0n) is 17.1. The van der Waals surface area contributed by atoms with E-state index in [9.17, 15) is 18.0 Å². The van der Waals surface area contributed by atoms with Gasteiger partial charge in [-0.3, -0.25) is 4.79 Å². The normalized spacial score (nSPS) is 20.2. The van der Waals surface area contributed by atoms with Gasteiger partial charge in [0.15, 0.2) is 0 Å². The first-order valence-corrected chi connectivity index (χ1v) is 10.7. The van der Waals surface area contributed by atoms with E-state index < -0.39 is 17.3 Å². The van der Waals surface area contributed by atoms with Gasteiger partial charge in [-0.05, 0) is 62.9 Å². The average molecular weight is 412 g/mol. The summed E-state index contributed by atoms with van der Waals surface area (Å²) in [7, 11) is 0. The first kappa shape index (κ1) is 22.1. The van der Waals surface area contributed by atoms with Crippen LogP contribution in [0.5, 0.6) is 0 Å². The maximum Gasteiger partial charge on any atom is 0.416 e. The maximum absolute atomic E-state index is 13.0. The van der Waals surface area contributed by atoms with Crippen LogP contribution >= 0.6 is 0 Å². The first-order valence-electron chi connectivity index (χ1n) is 10.7. The third kappa shape index (κ3) is 5.51. The van der Waals surface area contributed by atoms with Gasteiger partial charge in [0.2, 0.25) is 5.91 Å². The van der Waals surface area contributed by atoms with Crippen LogP contribution in [0.4, 0.5) is 13.2 Å². The summed E-state index contributed by atoms with van der Waals surface area (Å²) in [6.45, 7) is 6.67. The highest BCUT2D eigenvalue weighted by Gasteiger charge is 2.39. The van der Waals surface area contributed by atoms with Crippen LogP contribution in [0, 0.1) is 0 Å². The molecule has 7 heteroatoms. The van der Waals surface area contributed by atoms with Gasteiger partial charge < -0.3 is 14.5 Å². The molecule has 0 saturated carbocycles. The van der Waals surface area contributed by atoms with Gasteiger partial charge in [0.1, 0.15) is 0 Å². The average Bonchev–Trinajstić information content (AvgIpc) is 3.21. The number of alkyl halides is 3. The number of hydrogen-bond donors (Lipinski definition) is 0. The molecule has 0 aromatic heterocycles. The van der Waals surface area contributed by atoms with Gasteiger partial charge in [0, 0.05) is 26.1 Å². The van der Waals surface area contributed by atoms with E-state index in [4.69, 9.17) is 4.74 Å². The highest BCUT2D eigenvalue weighted by molar-refractivity contribution is 5.76. The van der Waals surface area contributed by atoms with Crippen LogP contribution in [0.3, 0.4) is 0 Å². The van der Waals surface area contributed by atoms with E-state index in [1.54, 1.807) is 12.1 Å². The van der Waals surface area contributed by atoms with Crippen molar-refractivity contribution in [2.45, 2.75) is 57.2 Å². The summed E-state index contributed by atoms with van der Waals surface area (Å²) in [5, 5.41) is 0. The van der Waals surface area contributed by atoms with Crippen molar-refractivity contribution in [1.29, 1.82) is 0 Å². The van der Waals surface area contributed by atoms with Crippen LogP contribution < -0.4 is 0 Å². The fraction of sp³-hybridized carbons (Fsp3) is 0.682. The number of carbonyl (C=O) groups is 1. The van der Waals surface area contributed by atoms with Gasteiger partial charge in [-0.1, -0.05) is 19.1 Å². The van der Waals surface area contributed by atoms with Crippen LogP contribution in [0.15, 0.2) is 24.3 Å². The molecule has 0 atom stereocenters. The molecule has 1 aromatic carbocycles. The first-order chi connectivity index (χ1) is 13.8. The Labute approximate surface area is 171 Å². The predicted octanol–water partition coefficient (Wildman–Crippen LogP) is 4.44. The number of likely N-dealkylation sites (tertiary alicyclic amines) is 2. The minimum atomic E-state index is -4.35. The Morgan fingerprint density at radius 1 is 1.07 bits per heavy atom. The summed E-state index contributed by atoms with van der Waals surface area (Å²) in [4.78, 5) is 16.5. The number of benzene rings is 1. The summed E-state index contributed by atoms with van der Waals surface area (Å²) in [5.41, 5.74) is -0.508. The molecule has 0 N–H and O–H groups in total. The number of rotatable bonds is 7. The molecule has 0 radical (unpaired) electrons. The topological polar surface area (TPSA) is 32.8 Å². The molecule has 0 unspecified atom stereocenters. The quantitative estimate of drug-likeness (QED) is 0.664. The molecule has 0 bridgehead atoms. The molecular weight excluding hydrogens is 381 g/mol. The smallest absolute Gasteiger partial charge is 0.369 e. The standard InChI is InChI=1S/C22H31F3N2O2/c1-2-5-20(28)27-14-10-21(11-15-27,29-17-16-26-12-3-4-13-26)18-6-8-19(9-7-18)22(23,24)25/h6-9H,2-5,10-17H2,1H3. The molecule has 2 aliphatic rings. The van der Waals surface area contributed by atoms with Crippen LogP contribution in [0.1, 0.15) is 56.6 Å². The summed E-state index contributed by atoms with van der Waals surface area (Å²) < 4.78 is 45.3. The van der Waals surface area contributed by atoms with Gasteiger partial charge >= 0.3 is 6.18 Å². The number of ether oxygens (including phenoxy) is 1. The molecule has 1 aromatic rings. The Kier molecular flexibility index (Phi) is 7.22. The van der Waals surface area contributed by atoms with E-state index in [0.717, 1.165) is 43.8 Å². The molecule has 1 amide bonds. The molecule has 2 saturated heterocycles. The number of hydrogen-bond acceptors (Lipinski definition) is 3. The van der Waals surface area contributed by atoms with Gasteiger partial charge in [-0.2, -0.15) is 13.2 Å². The Morgan fingerprint density at radius 3 is 2.24 bits per heavy atom. The summed E-state index contributed by atoms with van der Waals surface area (Å²) in [6, 6.07) is 5.36. The minimum Gasteiger partial charge on any atom is -0.369 e. The largest absolute Gasteiger partial charge is 0.416 e. The molecule has 29 heavy (non-hydrogen) atoms. The highest BCUT2D eigenvalue weighted by Crippen LogP contribution is 2.39. The second kappa shape index (κ2) is 9.47. The molecule has 2 heterocycles. The molecule has 2 aliphatic heterocycles. The van der Waals surface area contributed by atoms with Crippen LogP contribution in [0.25, 0.3) is 0 Å². The van der Waals surface area contributed by atoms with Crippen molar-refractivity contribution in [2.24, 2.45) is 0 Å². The van der Waals surface area contributed by atoms with Gasteiger partial charge in [0.05, 0.1) is 17.8 Å². The van der Waals surface area contributed by atoms with Crippen LogP contribution in [-0.2, 0) is 21.3 Å². The Bertz CT molecular complexity index is 662. The SMILES string of the molecule is CCCC(=O)N1CCC(OCCN2CCCC2)(c2ccc(C(F)(F)F)cc2)CC1. The van der Waals surface area contributed by atoms with Crippen molar-refractivity contribution in [2.75, 3.05) is 39.3 Å². The second-order valence-corrected chi connectivity index (χ2v) is 8.10. The molecule has 4 nitrogen and oxygen atoms in total. The van der Waals surface area contributed by atoms with Gasteiger partial charge in [-0.25, -0.2) is 0 Å². The van der Waals surface area contributed by atoms with E-state index in [1.165, 1.54) is 12.8 Å². The zero-order valence-corrected chi connectivity index (χ0v) is 17.1. The highest BCUT2D eigenvalue weighted by atomic mass is 19.4. The molecule has 2 fully saturated rings. The fourth-order valence-corrected chi connectivity index (χ4v) is 4.34. The number of amides is 1. The summed E-state index contributed by atoms with van der Waals surface area (Å²) >= 11 is 0. The van der Waals surface area contributed by atoms with Gasteiger partial charge in [0.25, 0.3) is 0 Å². The molecule has 162 valence electrons. The Hall–Kier alpha value is -1.60. The summed E-state index contributed by atoms with van der Waals surface area (Å²) in [5.74, 6) is 0.144. The molecular formula is C22H31F3N2O2. The van der Waals surface area contributed by atoms with E-state index in [0.29, 0.717) is 39.0 Å². The number of piperidine rings is 1. The molecule has 3 rings (SSSR count).